The molecule has 2 aliphatic rings. The van der Waals surface area contributed by atoms with Crippen LogP contribution in [0, 0.1) is 29.4 Å². The summed E-state index contributed by atoms with van der Waals surface area (Å²) in [5.74, 6) is 0.578. The van der Waals surface area contributed by atoms with Gasteiger partial charge in [0.2, 0.25) is 0 Å². The first-order chi connectivity index (χ1) is 14.5. The number of carbonyl (C=O) groups is 1. The van der Waals surface area contributed by atoms with Gasteiger partial charge in [-0.05, 0) is 106 Å². The van der Waals surface area contributed by atoms with Gasteiger partial charge in [0.1, 0.15) is 0 Å². The van der Waals surface area contributed by atoms with Gasteiger partial charge in [-0.1, -0.05) is 24.8 Å². The van der Waals surface area contributed by atoms with Crippen molar-refractivity contribution in [1.29, 1.82) is 0 Å². The SMILES string of the molecule is C=CC(=O)OCCCC1CCC(C=CC2CCC(c3ccc(F)c(F)c3)CC2)CC1. The third kappa shape index (κ3) is 6.78. The number of rotatable bonds is 8. The van der Waals surface area contributed by atoms with Crippen molar-refractivity contribution in [2.45, 2.75) is 70.1 Å². The van der Waals surface area contributed by atoms with Gasteiger partial charge in [0, 0.05) is 6.08 Å². The van der Waals surface area contributed by atoms with E-state index in [1.54, 1.807) is 6.07 Å². The molecule has 0 N–H and O–H groups in total. The number of allylic oxidation sites excluding steroid dienone is 2. The van der Waals surface area contributed by atoms with Gasteiger partial charge in [0.25, 0.3) is 0 Å². The summed E-state index contributed by atoms with van der Waals surface area (Å²) < 4.78 is 31.7. The highest BCUT2D eigenvalue weighted by molar-refractivity contribution is 5.81. The van der Waals surface area contributed by atoms with Gasteiger partial charge in [-0.15, -0.1) is 0 Å². The Labute approximate surface area is 179 Å². The molecule has 2 saturated carbocycles. The van der Waals surface area contributed by atoms with Crippen LogP contribution in [0.25, 0.3) is 0 Å². The van der Waals surface area contributed by atoms with Crippen LogP contribution < -0.4 is 0 Å². The molecule has 30 heavy (non-hydrogen) atoms. The predicted molar refractivity (Wildman–Crippen MR) is 116 cm³/mol. The van der Waals surface area contributed by atoms with Crippen LogP contribution in [0.3, 0.4) is 0 Å². The summed E-state index contributed by atoms with van der Waals surface area (Å²) in [6.07, 6.45) is 17.5. The summed E-state index contributed by atoms with van der Waals surface area (Å²) in [7, 11) is 0. The first kappa shape index (κ1) is 22.7. The fourth-order valence-corrected chi connectivity index (χ4v) is 5.00. The molecule has 0 amide bonds. The second kappa shape index (κ2) is 11.4. The first-order valence-electron chi connectivity index (χ1n) is 11.5. The number of benzene rings is 1. The van der Waals surface area contributed by atoms with Crippen LogP contribution in [0.15, 0.2) is 43.0 Å². The highest BCUT2D eigenvalue weighted by atomic mass is 19.2. The van der Waals surface area contributed by atoms with Crippen LogP contribution in [-0.4, -0.2) is 12.6 Å². The van der Waals surface area contributed by atoms with Crippen molar-refractivity contribution in [2.24, 2.45) is 17.8 Å². The van der Waals surface area contributed by atoms with Crippen molar-refractivity contribution in [3.05, 3.63) is 60.2 Å². The van der Waals surface area contributed by atoms with Gasteiger partial charge < -0.3 is 4.74 Å². The molecule has 4 heteroatoms. The number of carbonyl (C=O) groups excluding carboxylic acids is 1. The number of halogens is 2. The van der Waals surface area contributed by atoms with Crippen molar-refractivity contribution < 1.29 is 18.3 Å². The van der Waals surface area contributed by atoms with Crippen molar-refractivity contribution in [2.75, 3.05) is 6.61 Å². The quantitative estimate of drug-likeness (QED) is 0.195. The minimum Gasteiger partial charge on any atom is -0.463 e. The van der Waals surface area contributed by atoms with Crippen LogP contribution in [0.2, 0.25) is 0 Å². The van der Waals surface area contributed by atoms with Crippen LogP contribution in [-0.2, 0) is 9.53 Å². The van der Waals surface area contributed by atoms with E-state index < -0.39 is 11.6 Å². The molecule has 0 heterocycles. The predicted octanol–water partition coefficient (Wildman–Crippen LogP) is 7.11. The van der Waals surface area contributed by atoms with Crippen molar-refractivity contribution in [1.82, 2.24) is 0 Å². The molecular formula is C26H34F2O2. The third-order valence-electron chi connectivity index (χ3n) is 6.90. The summed E-state index contributed by atoms with van der Waals surface area (Å²) in [6, 6.07) is 4.36. The van der Waals surface area contributed by atoms with E-state index in [4.69, 9.17) is 4.74 Å². The zero-order valence-electron chi connectivity index (χ0n) is 17.8. The van der Waals surface area contributed by atoms with Gasteiger partial charge in [-0.25, -0.2) is 13.6 Å². The lowest BCUT2D eigenvalue weighted by molar-refractivity contribution is -0.137. The molecule has 2 aliphatic carbocycles. The largest absolute Gasteiger partial charge is 0.463 e. The molecule has 0 aliphatic heterocycles. The highest BCUT2D eigenvalue weighted by Crippen LogP contribution is 2.38. The van der Waals surface area contributed by atoms with E-state index in [0.717, 1.165) is 50.0 Å². The van der Waals surface area contributed by atoms with Gasteiger partial charge in [0.15, 0.2) is 11.6 Å². The molecule has 1 aromatic rings. The van der Waals surface area contributed by atoms with E-state index in [1.165, 1.54) is 43.9 Å². The summed E-state index contributed by atoms with van der Waals surface area (Å²) in [4.78, 5) is 11.0. The van der Waals surface area contributed by atoms with E-state index in [1.807, 2.05) is 0 Å². The minimum atomic E-state index is -0.763. The molecule has 0 atom stereocenters. The maximum absolute atomic E-state index is 13.5. The lowest BCUT2D eigenvalue weighted by Gasteiger charge is -2.29. The monoisotopic (exact) mass is 416 g/mol. The first-order valence-corrected chi connectivity index (χ1v) is 11.5. The molecule has 0 spiro atoms. The smallest absolute Gasteiger partial charge is 0.330 e. The molecule has 0 aromatic heterocycles. The highest BCUT2D eigenvalue weighted by Gasteiger charge is 2.23. The summed E-state index contributed by atoms with van der Waals surface area (Å²) >= 11 is 0. The maximum Gasteiger partial charge on any atom is 0.330 e. The van der Waals surface area contributed by atoms with E-state index in [0.29, 0.717) is 24.4 Å². The van der Waals surface area contributed by atoms with Crippen molar-refractivity contribution >= 4 is 5.97 Å². The third-order valence-corrected chi connectivity index (χ3v) is 6.90. The Kier molecular flexibility index (Phi) is 8.65. The fourth-order valence-electron chi connectivity index (χ4n) is 5.00. The summed E-state index contributed by atoms with van der Waals surface area (Å²) in [5.41, 5.74) is 0.939. The molecule has 0 saturated heterocycles. The maximum atomic E-state index is 13.5. The number of hydrogen-bond donors (Lipinski definition) is 0. The Morgan fingerprint density at radius 3 is 2.20 bits per heavy atom. The molecule has 2 fully saturated rings. The van der Waals surface area contributed by atoms with E-state index in [2.05, 4.69) is 18.7 Å². The Bertz CT molecular complexity index is 727. The van der Waals surface area contributed by atoms with Gasteiger partial charge in [-0.2, -0.15) is 0 Å². The Morgan fingerprint density at radius 2 is 1.60 bits per heavy atom. The van der Waals surface area contributed by atoms with Crippen LogP contribution in [0.4, 0.5) is 8.78 Å². The van der Waals surface area contributed by atoms with E-state index >= 15 is 0 Å². The lowest BCUT2D eigenvalue weighted by Crippen LogP contribution is -2.15. The van der Waals surface area contributed by atoms with Crippen LogP contribution in [0.1, 0.15) is 75.7 Å². The second-order valence-corrected chi connectivity index (χ2v) is 8.96. The molecule has 164 valence electrons. The molecular weight excluding hydrogens is 382 g/mol. The van der Waals surface area contributed by atoms with E-state index in [-0.39, 0.29) is 5.97 Å². The second-order valence-electron chi connectivity index (χ2n) is 8.96. The van der Waals surface area contributed by atoms with Gasteiger partial charge in [0.05, 0.1) is 6.61 Å². The molecule has 1 aromatic carbocycles. The molecule has 3 rings (SSSR count). The molecule has 2 nitrogen and oxygen atoms in total. The number of esters is 1. The fraction of sp³-hybridized carbons (Fsp3) is 0.577. The Morgan fingerprint density at radius 1 is 0.967 bits per heavy atom. The molecule has 0 bridgehead atoms. The normalized spacial score (nSPS) is 27.1. The topological polar surface area (TPSA) is 26.3 Å². The zero-order chi connectivity index (χ0) is 21.3. The average Bonchev–Trinajstić information content (AvgIpc) is 2.78. The van der Waals surface area contributed by atoms with Crippen LogP contribution in [0.5, 0.6) is 0 Å². The van der Waals surface area contributed by atoms with Gasteiger partial charge in [-0.3, -0.25) is 0 Å². The van der Waals surface area contributed by atoms with Crippen molar-refractivity contribution in [3.8, 4) is 0 Å². The number of ether oxygens (including phenoxy) is 1. The zero-order valence-corrected chi connectivity index (χ0v) is 17.8. The van der Waals surface area contributed by atoms with Crippen LogP contribution >= 0.6 is 0 Å². The standard InChI is InChI=1S/C26H34F2O2/c1-2-26(29)30-17-3-4-19-5-7-20(8-6-19)9-10-21-11-13-22(14-12-21)23-15-16-24(27)25(28)18-23/h2,9-10,15-16,18-22H,1,3-8,11-14,17H2. The van der Waals surface area contributed by atoms with E-state index in [9.17, 15) is 13.6 Å². The average molecular weight is 417 g/mol. The number of hydrogen-bond acceptors (Lipinski definition) is 2. The Hall–Kier alpha value is -1.97. The minimum absolute atomic E-state index is 0.331. The molecule has 0 unspecified atom stereocenters. The lowest BCUT2D eigenvalue weighted by atomic mass is 9.77. The Balaban J connectivity index is 1.33. The van der Waals surface area contributed by atoms with Crippen molar-refractivity contribution in [3.63, 3.8) is 0 Å². The van der Waals surface area contributed by atoms with Gasteiger partial charge >= 0.3 is 5.97 Å². The summed E-state index contributed by atoms with van der Waals surface area (Å²) in [5, 5.41) is 0. The molecule has 0 radical (unpaired) electrons. The summed E-state index contributed by atoms with van der Waals surface area (Å²) in [6.45, 7) is 3.90.